The first-order chi connectivity index (χ1) is 8.74. The molecule has 1 rings (SSSR count). The quantitative estimate of drug-likeness (QED) is 0.743. The zero-order chi connectivity index (χ0) is 14.6. The third-order valence-electron chi connectivity index (χ3n) is 2.24. The Balaban J connectivity index is 3.05. The molecule has 6 heteroatoms. The van der Waals surface area contributed by atoms with Crippen molar-refractivity contribution in [3.63, 3.8) is 0 Å². The first kappa shape index (κ1) is 15.2. The van der Waals surface area contributed by atoms with E-state index in [1.54, 1.807) is 18.2 Å². The molecule has 0 aliphatic heterocycles. The monoisotopic (exact) mass is 281 g/mol. The number of ether oxygens (including phenoxy) is 1. The van der Waals surface area contributed by atoms with Crippen molar-refractivity contribution in [3.8, 4) is 5.75 Å². The van der Waals surface area contributed by atoms with Gasteiger partial charge >= 0.3 is 6.03 Å². The van der Waals surface area contributed by atoms with Crippen molar-refractivity contribution in [2.75, 3.05) is 12.4 Å². The summed E-state index contributed by atoms with van der Waals surface area (Å²) in [5, 5.41) is 5.52. The maximum absolute atomic E-state index is 11.9. The number of methoxy groups -OCH3 is 1. The molecule has 0 bridgehead atoms. The number of thiocarbonyl (C=S) groups is 1. The molecule has 0 heterocycles. The molecular formula is C13H19N3O2S. The van der Waals surface area contributed by atoms with E-state index in [1.165, 1.54) is 7.11 Å². The molecule has 0 spiro atoms. The normalized spacial score (nSPS) is 10.7. The van der Waals surface area contributed by atoms with Gasteiger partial charge in [0.1, 0.15) is 10.7 Å². The molecule has 0 aromatic heterocycles. The largest absolute Gasteiger partial charge is 0.495 e. The molecule has 4 N–H and O–H groups in total. The second-order valence-electron chi connectivity index (χ2n) is 5.08. The van der Waals surface area contributed by atoms with E-state index in [-0.39, 0.29) is 16.6 Å². The van der Waals surface area contributed by atoms with Gasteiger partial charge in [0, 0.05) is 11.1 Å². The predicted octanol–water partition coefficient (Wildman–Crippen LogP) is 2.25. The molecule has 104 valence electrons. The fourth-order valence-corrected chi connectivity index (χ4v) is 1.69. The van der Waals surface area contributed by atoms with E-state index in [2.05, 4.69) is 10.6 Å². The van der Waals surface area contributed by atoms with Gasteiger partial charge in [-0.1, -0.05) is 18.3 Å². The van der Waals surface area contributed by atoms with Crippen LogP contribution in [0.1, 0.15) is 26.3 Å². The van der Waals surface area contributed by atoms with E-state index in [0.29, 0.717) is 17.0 Å². The number of amides is 2. The first-order valence-electron chi connectivity index (χ1n) is 5.80. The Kier molecular flexibility index (Phi) is 4.72. The number of para-hydroxylation sites is 1. The first-order valence-corrected chi connectivity index (χ1v) is 6.21. The molecule has 0 radical (unpaired) electrons. The molecule has 19 heavy (non-hydrogen) atoms. The molecule has 0 atom stereocenters. The Labute approximate surface area is 118 Å². The fraction of sp³-hybridized carbons (Fsp3) is 0.385. The number of carbonyl (C=O) groups is 1. The number of anilines is 1. The fourth-order valence-electron chi connectivity index (χ4n) is 1.52. The van der Waals surface area contributed by atoms with Crippen molar-refractivity contribution in [1.29, 1.82) is 0 Å². The van der Waals surface area contributed by atoms with Gasteiger partial charge in [0.25, 0.3) is 0 Å². The lowest BCUT2D eigenvalue weighted by Gasteiger charge is -2.22. The lowest BCUT2D eigenvalue weighted by Crippen LogP contribution is -2.43. The van der Waals surface area contributed by atoms with E-state index < -0.39 is 0 Å². The lowest BCUT2D eigenvalue weighted by molar-refractivity contribution is 0.243. The number of benzene rings is 1. The van der Waals surface area contributed by atoms with Gasteiger partial charge in [0.2, 0.25) is 0 Å². The van der Waals surface area contributed by atoms with E-state index in [4.69, 9.17) is 22.7 Å². The zero-order valence-electron chi connectivity index (χ0n) is 11.5. The maximum atomic E-state index is 11.9. The second kappa shape index (κ2) is 5.88. The predicted molar refractivity (Wildman–Crippen MR) is 80.8 cm³/mol. The highest BCUT2D eigenvalue weighted by atomic mass is 32.1. The van der Waals surface area contributed by atoms with Crippen LogP contribution in [0.5, 0.6) is 5.75 Å². The maximum Gasteiger partial charge on any atom is 0.319 e. The summed E-state index contributed by atoms with van der Waals surface area (Å²) in [6.07, 6.45) is 0. The summed E-state index contributed by atoms with van der Waals surface area (Å²) >= 11 is 4.97. The highest BCUT2D eigenvalue weighted by Crippen LogP contribution is 2.28. The number of carbonyl (C=O) groups excluding carboxylic acids is 1. The highest BCUT2D eigenvalue weighted by molar-refractivity contribution is 7.80. The molecule has 0 saturated carbocycles. The van der Waals surface area contributed by atoms with Crippen LogP contribution in [-0.2, 0) is 0 Å². The van der Waals surface area contributed by atoms with Gasteiger partial charge in [0.05, 0.1) is 12.8 Å². The van der Waals surface area contributed by atoms with Crippen molar-refractivity contribution in [3.05, 3.63) is 23.8 Å². The average Bonchev–Trinajstić information content (AvgIpc) is 2.26. The number of urea groups is 1. The summed E-state index contributed by atoms with van der Waals surface area (Å²) in [5.41, 5.74) is 6.35. The lowest BCUT2D eigenvalue weighted by atomic mass is 10.1. The summed E-state index contributed by atoms with van der Waals surface area (Å²) in [7, 11) is 1.52. The van der Waals surface area contributed by atoms with Crippen molar-refractivity contribution < 1.29 is 9.53 Å². The Morgan fingerprint density at radius 1 is 1.37 bits per heavy atom. The van der Waals surface area contributed by atoms with Crippen molar-refractivity contribution in [1.82, 2.24) is 5.32 Å². The van der Waals surface area contributed by atoms with Crippen LogP contribution in [-0.4, -0.2) is 23.7 Å². The minimum absolute atomic E-state index is 0.199. The van der Waals surface area contributed by atoms with E-state index >= 15 is 0 Å². The van der Waals surface area contributed by atoms with E-state index in [9.17, 15) is 4.79 Å². The zero-order valence-corrected chi connectivity index (χ0v) is 12.4. The molecule has 0 unspecified atom stereocenters. The molecule has 0 aliphatic carbocycles. The summed E-state index contributed by atoms with van der Waals surface area (Å²) in [5.74, 6) is 0.509. The van der Waals surface area contributed by atoms with Gasteiger partial charge in [-0.05, 0) is 32.9 Å². The number of rotatable bonds is 3. The third-order valence-corrected chi connectivity index (χ3v) is 2.46. The van der Waals surface area contributed by atoms with Crippen molar-refractivity contribution in [2.24, 2.45) is 5.73 Å². The van der Waals surface area contributed by atoms with Crippen LogP contribution >= 0.6 is 12.2 Å². The van der Waals surface area contributed by atoms with Crippen LogP contribution in [0.15, 0.2) is 18.2 Å². The molecule has 0 saturated heterocycles. The number of hydrogen-bond acceptors (Lipinski definition) is 3. The van der Waals surface area contributed by atoms with Gasteiger partial charge in [0.15, 0.2) is 0 Å². The van der Waals surface area contributed by atoms with Crippen LogP contribution in [0.3, 0.4) is 0 Å². The summed E-state index contributed by atoms with van der Waals surface area (Å²) in [6, 6.07) is 4.89. The van der Waals surface area contributed by atoms with Gasteiger partial charge in [-0.25, -0.2) is 4.79 Å². The smallest absolute Gasteiger partial charge is 0.319 e. The Morgan fingerprint density at radius 3 is 2.47 bits per heavy atom. The van der Waals surface area contributed by atoms with Crippen LogP contribution < -0.4 is 21.1 Å². The minimum atomic E-state index is -0.338. The van der Waals surface area contributed by atoms with Gasteiger partial charge in [-0.15, -0.1) is 0 Å². The summed E-state index contributed by atoms with van der Waals surface area (Å²) in [4.78, 5) is 12.1. The molecule has 0 fully saturated rings. The van der Waals surface area contributed by atoms with Crippen LogP contribution in [0.25, 0.3) is 0 Å². The number of hydrogen-bond donors (Lipinski definition) is 3. The second-order valence-corrected chi connectivity index (χ2v) is 5.52. The number of nitrogens with one attached hydrogen (secondary N) is 2. The molecule has 5 nitrogen and oxygen atoms in total. The summed E-state index contributed by atoms with van der Waals surface area (Å²) < 4.78 is 5.21. The van der Waals surface area contributed by atoms with Gasteiger partial charge in [-0.3, -0.25) is 0 Å². The van der Waals surface area contributed by atoms with Crippen molar-refractivity contribution >= 4 is 28.9 Å². The molecule has 2 amide bonds. The van der Waals surface area contributed by atoms with E-state index in [0.717, 1.165) is 0 Å². The molecule has 0 aliphatic rings. The van der Waals surface area contributed by atoms with Gasteiger partial charge < -0.3 is 21.1 Å². The Hall–Kier alpha value is -1.82. The Bertz CT molecular complexity index is 495. The average molecular weight is 281 g/mol. The summed E-state index contributed by atoms with van der Waals surface area (Å²) in [6.45, 7) is 5.68. The van der Waals surface area contributed by atoms with Gasteiger partial charge in [-0.2, -0.15) is 0 Å². The standard InChI is InChI=1S/C13H19N3O2S/c1-13(2,3)16-12(17)15-10-8(11(14)19)6-5-7-9(10)18-4/h5-7H,1-4H3,(H2,14,19)(H2,15,16,17). The topological polar surface area (TPSA) is 76.4 Å². The Morgan fingerprint density at radius 2 is 2.00 bits per heavy atom. The highest BCUT2D eigenvalue weighted by Gasteiger charge is 2.17. The van der Waals surface area contributed by atoms with Crippen LogP contribution in [0, 0.1) is 0 Å². The van der Waals surface area contributed by atoms with E-state index in [1.807, 2.05) is 20.8 Å². The molecular weight excluding hydrogens is 262 g/mol. The third kappa shape index (κ3) is 4.40. The SMILES string of the molecule is COc1cccc(C(N)=S)c1NC(=O)NC(C)(C)C. The van der Waals surface area contributed by atoms with Crippen LogP contribution in [0.2, 0.25) is 0 Å². The van der Waals surface area contributed by atoms with Crippen molar-refractivity contribution in [2.45, 2.75) is 26.3 Å². The number of nitrogens with two attached hydrogens (primary N) is 1. The minimum Gasteiger partial charge on any atom is -0.495 e. The molecule has 1 aromatic rings. The van der Waals surface area contributed by atoms with Crippen LogP contribution in [0.4, 0.5) is 10.5 Å². The molecule has 1 aromatic carbocycles.